The van der Waals surface area contributed by atoms with Crippen molar-refractivity contribution < 1.29 is 4.79 Å². The molecule has 1 N–H and O–H groups in total. The highest BCUT2D eigenvalue weighted by Crippen LogP contribution is 2.45. The lowest BCUT2D eigenvalue weighted by atomic mass is 9.74. The van der Waals surface area contributed by atoms with Crippen molar-refractivity contribution in [1.82, 2.24) is 5.32 Å². The first-order chi connectivity index (χ1) is 5.45. The lowest BCUT2D eigenvalue weighted by molar-refractivity contribution is -0.122. The molecule has 1 aliphatic heterocycles. The van der Waals surface area contributed by atoms with E-state index in [1.807, 2.05) is 6.08 Å². The molecule has 2 aliphatic rings. The second-order valence-electron chi connectivity index (χ2n) is 4.88. The molecule has 2 atom stereocenters. The van der Waals surface area contributed by atoms with Gasteiger partial charge in [0.05, 0.1) is 11.5 Å². The Bertz CT molecular complexity index is 262. The van der Waals surface area contributed by atoms with Crippen molar-refractivity contribution in [1.29, 1.82) is 0 Å². The molecule has 2 heteroatoms. The van der Waals surface area contributed by atoms with Crippen LogP contribution in [0.25, 0.3) is 0 Å². The first-order valence-electron chi connectivity index (χ1n) is 4.46. The van der Waals surface area contributed by atoms with Gasteiger partial charge in [0.15, 0.2) is 0 Å². The van der Waals surface area contributed by atoms with Crippen molar-refractivity contribution in [2.45, 2.75) is 32.7 Å². The van der Waals surface area contributed by atoms with E-state index >= 15 is 0 Å². The summed E-state index contributed by atoms with van der Waals surface area (Å²) in [6.45, 7) is 6.52. The van der Waals surface area contributed by atoms with Crippen LogP contribution in [0.4, 0.5) is 0 Å². The summed E-state index contributed by atoms with van der Waals surface area (Å²) in [6.07, 6.45) is 5.17. The van der Waals surface area contributed by atoms with Gasteiger partial charge in [-0.15, -0.1) is 0 Å². The summed E-state index contributed by atoms with van der Waals surface area (Å²) in [5.41, 5.74) is 0.0686. The first kappa shape index (κ1) is 7.84. The molecule has 12 heavy (non-hydrogen) atoms. The fraction of sp³-hybridized carbons (Fsp3) is 0.700. The summed E-state index contributed by atoms with van der Waals surface area (Å²) >= 11 is 0. The van der Waals surface area contributed by atoms with E-state index in [0.29, 0.717) is 0 Å². The van der Waals surface area contributed by atoms with E-state index in [1.54, 1.807) is 0 Å². The smallest absolute Gasteiger partial charge is 0.227 e. The summed E-state index contributed by atoms with van der Waals surface area (Å²) < 4.78 is 0. The zero-order valence-corrected chi connectivity index (χ0v) is 7.85. The summed E-state index contributed by atoms with van der Waals surface area (Å²) in [5.74, 6) is 0.344. The minimum absolute atomic E-state index is 0.0608. The van der Waals surface area contributed by atoms with E-state index in [4.69, 9.17) is 0 Å². The van der Waals surface area contributed by atoms with E-state index in [-0.39, 0.29) is 22.8 Å². The van der Waals surface area contributed by atoms with E-state index in [2.05, 4.69) is 32.2 Å². The molecule has 0 aromatic heterocycles. The Kier molecular flexibility index (Phi) is 1.26. The van der Waals surface area contributed by atoms with Gasteiger partial charge in [0.25, 0.3) is 0 Å². The average molecular weight is 165 g/mol. The topological polar surface area (TPSA) is 29.1 Å². The van der Waals surface area contributed by atoms with E-state index in [0.717, 1.165) is 6.42 Å². The third kappa shape index (κ3) is 0.780. The Morgan fingerprint density at radius 3 is 2.50 bits per heavy atom. The van der Waals surface area contributed by atoms with Crippen LogP contribution in [0, 0.1) is 11.3 Å². The lowest BCUT2D eigenvalue weighted by Gasteiger charge is -2.38. The fourth-order valence-electron chi connectivity index (χ4n) is 2.09. The quantitative estimate of drug-likeness (QED) is 0.541. The first-order valence-corrected chi connectivity index (χ1v) is 4.46. The highest BCUT2D eigenvalue weighted by Gasteiger charge is 2.52. The Morgan fingerprint density at radius 2 is 2.25 bits per heavy atom. The number of nitrogens with one attached hydrogen (secondary N) is 1. The van der Waals surface area contributed by atoms with Gasteiger partial charge < -0.3 is 5.32 Å². The second kappa shape index (κ2) is 1.93. The molecular weight excluding hydrogens is 150 g/mol. The van der Waals surface area contributed by atoms with Gasteiger partial charge in [-0.05, 0) is 11.8 Å². The van der Waals surface area contributed by atoms with Crippen molar-refractivity contribution in [3.05, 3.63) is 12.2 Å². The molecule has 2 rings (SSSR count). The molecule has 1 heterocycles. The molecule has 0 aromatic rings. The van der Waals surface area contributed by atoms with Crippen LogP contribution < -0.4 is 5.32 Å². The number of carbonyl (C=O) groups is 1. The zero-order chi connectivity index (χ0) is 8.98. The SMILES string of the molecule is CC(C)(C)C12C=CC(C1)C(=O)N2. The Hall–Kier alpha value is -0.790. The monoisotopic (exact) mass is 165 g/mol. The molecule has 2 unspecified atom stereocenters. The number of rotatable bonds is 0. The van der Waals surface area contributed by atoms with Crippen LogP contribution >= 0.6 is 0 Å². The Balaban J connectivity index is 2.37. The zero-order valence-electron chi connectivity index (χ0n) is 7.85. The Labute approximate surface area is 73.0 Å². The molecule has 0 saturated carbocycles. The van der Waals surface area contributed by atoms with Crippen LogP contribution in [0.2, 0.25) is 0 Å². The molecule has 1 saturated heterocycles. The van der Waals surface area contributed by atoms with Crippen molar-refractivity contribution in [2.75, 3.05) is 0 Å². The molecule has 0 radical (unpaired) electrons. The Morgan fingerprint density at radius 1 is 1.58 bits per heavy atom. The molecule has 0 spiro atoms. The molecule has 1 aliphatic carbocycles. The van der Waals surface area contributed by atoms with Crippen molar-refractivity contribution in [2.24, 2.45) is 11.3 Å². The maximum Gasteiger partial charge on any atom is 0.227 e. The maximum absolute atomic E-state index is 11.3. The second-order valence-corrected chi connectivity index (χ2v) is 4.88. The minimum Gasteiger partial charge on any atom is -0.346 e. The van der Waals surface area contributed by atoms with Gasteiger partial charge >= 0.3 is 0 Å². The van der Waals surface area contributed by atoms with Gasteiger partial charge in [0.1, 0.15) is 0 Å². The van der Waals surface area contributed by atoms with Gasteiger partial charge in [-0.25, -0.2) is 0 Å². The van der Waals surface area contributed by atoms with Gasteiger partial charge in [0, 0.05) is 0 Å². The molecule has 2 nitrogen and oxygen atoms in total. The van der Waals surface area contributed by atoms with Gasteiger partial charge in [0.2, 0.25) is 5.91 Å². The van der Waals surface area contributed by atoms with E-state index in [9.17, 15) is 4.79 Å². The molecule has 66 valence electrons. The number of fused-ring (bicyclic) bond motifs is 2. The van der Waals surface area contributed by atoms with E-state index < -0.39 is 0 Å². The van der Waals surface area contributed by atoms with Crippen LogP contribution in [0.3, 0.4) is 0 Å². The number of carbonyl (C=O) groups excluding carboxylic acids is 1. The van der Waals surface area contributed by atoms with Crippen LogP contribution in [0.5, 0.6) is 0 Å². The van der Waals surface area contributed by atoms with Crippen molar-refractivity contribution in [3.8, 4) is 0 Å². The summed E-state index contributed by atoms with van der Waals surface area (Å²) in [4.78, 5) is 11.3. The van der Waals surface area contributed by atoms with Crippen LogP contribution in [0.1, 0.15) is 27.2 Å². The number of hydrogen-bond acceptors (Lipinski definition) is 1. The standard InChI is InChI=1S/C10H15NO/c1-9(2,3)10-5-4-7(6-10)8(12)11-10/h4-5,7H,6H2,1-3H3,(H,11,12). The highest BCUT2D eigenvalue weighted by atomic mass is 16.2. The molecular formula is C10H15NO. The predicted molar refractivity (Wildman–Crippen MR) is 47.6 cm³/mol. The molecule has 1 fully saturated rings. The normalized spacial score (nSPS) is 38.9. The fourth-order valence-corrected chi connectivity index (χ4v) is 2.09. The summed E-state index contributed by atoms with van der Waals surface area (Å²) in [6, 6.07) is 0. The van der Waals surface area contributed by atoms with Gasteiger partial charge in [-0.3, -0.25) is 4.79 Å². The van der Waals surface area contributed by atoms with Crippen molar-refractivity contribution in [3.63, 3.8) is 0 Å². The summed E-state index contributed by atoms with van der Waals surface area (Å²) in [5, 5.41) is 3.08. The molecule has 1 amide bonds. The van der Waals surface area contributed by atoms with Crippen molar-refractivity contribution >= 4 is 5.91 Å². The number of hydrogen-bond donors (Lipinski definition) is 1. The number of amides is 1. The lowest BCUT2D eigenvalue weighted by Crippen LogP contribution is -2.50. The van der Waals surface area contributed by atoms with Gasteiger partial charge in [-0.2, -0.15) is 0 Å². The maximum atomic E-state index is 11.3. The van der Waals surface area contributed by atoms with E-state index in [1.165, 1.54) is 0 Å². The van der Waals surface area contributed by atoms with Crippen LogP contribution in [0.15, 0.2) is 12.2 Å². The summed E-state index contributed by atoms with van der Waals surface area (Å²) in [7, 11) is 0. The predicted octanol–water partition coefficient (Wildman–Crippen LogP) is 1.48. The van der Waals surface area contributed by atoms with Crippen LogP contribution in [-0.2, 0) is 4.79 Å². The molecule has 0 aromatic carbocycles. The van der Waals surface area contributed by atoms with Gasteiger partial charge in [-0.1, -0.05) is 32.9 Å². The van der Waals surface area contributed by atoms with Crippen LogP contribution in [-0.4, -0.2) is 11.4 Å². The third-order valence-corrected chi connectivity index (χ3v) is 3.18. The average Bonchev–Trinajstić information content (AvgIpc) is 2.42. The molecule has 2 bridgehead atoms. The minimum atomic E-state index is -0.0608. The largest absolute Gasteiger partial charge is 0.346 e. The highest BCUT2D eigenvalue weighted by molar-refractivity contribution is 5.86. The third-order valence-electron chi connectivity index (χ3n) is 3.18.